The standard InChI is InChI=1S/C12H13Br2ClS/c13-9-5-8(12(14)16-9)11(15)10-6-3-1-2-4-7(6)10/h5-7,10-11H,1-4H2. The fourth-order valence-electron chi connectivity index (χ4n) is 3.23. The average Bonchev–Trinajstić information content (AvgIpc) is 2.89. The zero-order valence-electron chi connectivity index (χ0n) is 8.76. The van der Waals surface area contributed by atoms with Crippen LogP contribution < -0.4 is 0 Å². The zero-order valence-corrected chi connectivity index (χ0v) is 13.5. The molecule has 2 aliphatic rings. The highest BCUT2D eigenvalue weighted by Crippen LogP contribution is 2.63. The van der Waals surface area contributed by atoms with E-state index < -0.39 is 0 Å². The Bertz CT molecular complexity index is 392. The molecule has 0 amide bonds. The zero-order chi connectivity index (χ0) is 11.3. The van der Waals surface area contributed by atoms with E-state index in [0.717, 1.165) is 17.8 Å². The summed E-state index contributed by atoms with van der Waals surface area (Å²) in [6.07, 6.45) is 5.63. The maximum atomic E-state index is 6.65. The first-order valence-corrected chi connectivity index (χ1v) is 8.61. The van der Waals surface area contributed by atoms with Gasteiger partial charge in [0.15, 0.2) is 0 Å². The van der Waals surface area contributed by atoms with Crippen molar-refractivity contribution in [2.75, 3.05) is 0 Å². The van der Waals surface area contributed by atoms with Crippen LogP contribution in [0, 0.1) is 17.8 Å². The number of fused-ring (bicyclic) bond motifs is 1. The van der Waals surface area contributed by atoms with Crippen LogP contribution in [0.25, 0.3) is 0 Å². The summed E-state index contributed by atoms with van der Waals surface area (Å²) in [5.41, 5.74) is 1.29. The lowest BCUT2D eigenvalue weighted by atomic mass is 10.0. The van der Waals surface area contributed by atoms with Crippen molar-refractivity contribution in [3.8, 4) is 0 Å². The van der Waals surface area contributed by atoms with Gasteiger partial charge in [-0.15, -0.1) is 22.9 Å². The van der Waals surface area contributed by atoms with Gasteiger partial charge in [-0.1, -0.05) is 12.8 Å². The predicted octanol–water partition coefficient (Wildman–Crippen LogP) is 5.99. The largest absolute Gasteiger partial charge is 0.121 e. The molecule has 4 heteroatoms. The molecule has 0 aromatic carbocycles. The Morgan fingerprint density at radius 1 is 1.25 bits per heavy atom. The molecule has 3 atom stereocenters. The number of hydrogen-bond donors (Lipinski definition) is 0. The van der Waals surface area contributed by atoms with E-state index in [1.807, 2.05) is 0 Å². The number of hydrogen-bond acceptors (Lipinski definition) is 1. The van der Waals surface area contributed by atoms with Gasteiger partial charge in [0.25, 0.3) is 0 Å². The summed E-state index contributed by atoms with van der Waals surface area (Å²) >= 11 is 15.5. The van der Waals surface area contributed by atoms with Crippen molar-refractivity contribution in [1.29, 1.82) is 0 Å². The molecule has 0 saturated heterocycles. The first-order chi connectivity index (χ1) is 7.68. The molecule has 2 saturated carbocycles. The minimum Gasteiger partial charge on any atom is -0.121 e. The van der Waals surface area contributed by atoms with E-state index in [9.17, 15) is 0 Å². The van der Waals surface area contributed by atoms with Crippen LogP contribution >= 0.6 is 54.8 Å². The molecule has 0 nitrogen and oxygen atoms in total. The minimum atomic E-state index is 0.213. The highest BCUT2D eigenvalue weighted by atomic mass is 79.9. The van der Waals surface area contributed by atoms with E-state index in [0.29, 0.717) is 0 Å². The summed E-state index contributed by atoms with van der Waals surface area (Å²) in [5, 5.41) is 0.213. The van der Waals surface area contributed by atoms with Gasteiger partial charge in [0, 0.05) is 0 Å². The summed E-state index contributed by atoms with van der Waals surface area (Å²) in [7, 11) is 0. The monoisotopic (exact) mass is 382 g/mol. The molecule has 3 unspecified atom stereocenters. The maximum Gasteiger partial charge on any atom is 0.0757 e. The first kappa shape index (κ1) is 12.0. The summed E-state index contributed by atoms with van der Waals surface area (Å²) < 4.78 is 2.37. The van der Waals surface area contributed by atoms with Gasteiger partial charge in [-0.2, -0.15) is 0 Å². The van der Waals surface area contributed by atoms with Crippen LogP contribution in [0.1, 0.15) is 36.6 Å². The van der Waals surface area contributed by atoms with E-state index >= 15 is 0 Å². The summed E-state index contributed by atoms with van der Waals surface area (Å²) in [6, 6.07) is 2.18. The summed E-state index contributed by atoms with van der Waals surface area (Å²) in [5.74, 6) is 2.57. The lowest BCUT2D eigenvalue weighted by Crippen LogP contribution is -1.94. The number of halogens is 3. The Morgan fingerprint density at radius 3 is 2.38 bits per heavy atom. The van der Waals surface area contributed by atoms with Crippen LogP contribution in [0.15, 0.2) is 13.6 Å². The summed E-state index contributed by atoms with van der Waals surface area (Å²) in [6.45, 7) is 0. The molecule has 88 valence electrons. The maximum absolute atomic E-state index is 6.65. The van der Waals surface area contributed by atoms with Crippen molar-refractivity contribution in [3.05, 3.63) is 19.2 Å². The lowest BCUT2D eigenvalue weighted by Gasteiger charge is -2.07. The van der Waals surface area contributed by atoms with Crippen molar-refractivity contribution >= 4 is 54.8 Å². The molecule has 1 aromatic heterocycles. The Balaban J connectivity index is 1.78. The molecule has 2 aliphatic carbocycles. The van der Waals surface area contributed by atoms with E-state index in [-0.39, 0.29) is 5.38 Å². The van der Waals surface area contributed by atoms with E-state index in [2.05, 4.69) is 37.9 Å². The van der Waals surface area contributed by atoms with Crippen LogP contribution in [0.3, 0.4) is 0 Å². The van der Waals surface area contributed by atoms with Crippen molar-refractivity contribution < 1.29 is 0 Å². The van der Waals surface area contributed by atoms with E-state index in [1.54, 1.807) is 11.3 Å². The number of rotatable bonds is 2. The van der Waals surface area contributed by atoms with Crippen LogP contribution in [-0.2, 0) is 0 Å². The topological polar surface area (TPSA) is 0 Å². The third kappa shape index (κ3) is 2.02. The van der Waals surface area contributed by atoms with Gasteiger partial charge in [0.1, 0.15) is 0 Å². The van der Waals surface area contributed by atoms with E-state index in [1.165, 1.54) is 38.8 Å². The first-order valence-electron chi connectivity index (χ1n) is 5.77. The number of thiophene rings is 1. The molecule has 0 spiro atoms. The van der Waals surface area contributed by atoms with Crippen molar-refractivity contribution in [3.63, 3.8) is 0 Å². The molecule has 0 bridgehead atoms. The normalized spacial score (nSPS) is 34.6. The average molecular weight is 385 g/mol. The molecular weight excluding hydrogens is 371 g/mol. The smallest absolute Gasteiger partial charge is 0.0757 e. The van der Waals surface area contributed by atoms with Gasteiger partial charge in [-0.05, 0) is 74.1 Å². The Labute approximate surface area is 122 Å². The van der Waals surface area contributed by atoms with Crippen LogP contribution in [-0.4, -0.2) is 0 Å². The third-order valence-corrected chi connectivity index (χ3v) is 6.95. The van der Waals surface area contributed by atoms with Gasteiger partial charge in [-0.3, -0.25) is 0 Å². The molecule has 0 aliphatic heterocycles. The van der Waals surface area contributed by atoms with Crippen LogP contribution in [0.4, 0.5) is 0 Å². The second-order valence-electron chi connectivity index (χ2n) is 4.87. The van der Waals surface area contributed by atoms with Crippen molar-refractivity contribution in [2.45, 2.75) is 31.1 Å². The fraction of sp³-hybridized carbons (Fsp3) is 0.667. The SMILES string of the molecule is ClC(c1cc(Br)sc1Br)C1C2CCCCC21. The minimum absolute atomic E-state index is 0.213. The molecule has 2 fully saturated rings. The van der Waals surface area contributed by atoms with Gasteiger partial charge in [0.2, 0.25) is 0 Å². The second kappa shape index (κ2) is 4.56. The Hall–Kier alpha value is 0.950. The highest BCUT2D eigenvalue weighted by molar-refractivity contribution is 9.12. The highest BCUT2D eigenvalue weighted by Gasteiger charge is 2.54. The molecule has 1 aromatic rings. The molecule has 0 radical (unpaired) electrons. The van der Waals surface area contributed by atoms with Crippen molar-refractivity contribution in [1.82, 2.24) is 0 Å². The molecule has 3 rings (SSSR count). The number of alkyl halides is 1. The Kier molecular flexibility index (Phi) is 3.42. The fourth-order valence-corrected chi connectivity index (χ4v) is 6.90. The van der Waals surface area contributed by atoms with Gasteiger partial charge >= 0.3 is 0 Å². The van der Waals surface area contributed by atoms with Gasteiger partial charge in [-0.25, -0.2) is 0 Å². The van der Waals surface area contributed by atoms with Gasteiger partial charge < -0.3 is 0 Å². The molecular formula is C12H13Br2ClS. The third-order valence-electron chi connectivity index (χ3n) is 4.04. The molecule has 0 N–H and O–H groups in total. The van der Waals surface area contributed by atoms with E-state index in [4.69, 9.17) is 11.6 Å². The lowest BCUT2D eigenvalue weighted by molar-refractivity contribution is 0.480. The van der Waals surface area contributed by atoms with Crippen LogP contribution in [0.5, 0.6) is 0 Å². The van der Waals surface area contributed by atoms with Crippen LogP contribution in [0.2, 0.25) is 0 Å². The quantitative estimate of drug-likeness (QED) is 0.550. The molecule has 16 heavy (non-hydrogen) atoms. The van der Waals surface area contributed by atoms with Crippen molar-refractivity contribution in [2.24, 2.45) is 17.8 Å². The molecule has 1 heterocycles. The summed E-state index contributed by atoms with van der Waals surface area (Å²) in [4.78, 5) is 0. The Morgan fingerprint density at radius 2 is 1.88 bits per heavy atom. The van der Waals surface area contributed by atoms with Gasteiger partial charge in [0.05, 0.1) is 12.9 Å². The predicted molar refractivity (Wildman–Crippen MR) is 77.3 cm³/mol. The second-order valence-corrected chi connectivity index (χ2v) is 9.09.